The van der Waals surface area contributed by atoms with Crippen LogP contribution in [0.3, 0.4) is 0 Å². The molecule has 1 N–H and O–H groups in total. The van der Waals surface area contributed by atoms with E-state index in [2.05, 4.69) is 25.2 Å². The first-order valence-electron chi connectivity index (χ1n) is 6.79. The molecule has 1 aromatic rings. The third-order valence-corrected chi connectivity index (χ3v) is 2.68. The Bertz CT molecular complexity index is 400. The topological polar surface area (TPSA) is 30.5 Å². The average molecular weight is 263 g/mol. The van der Waals surface area contributed by atoms with Gasteiger partial charge in [-0.25, -0.2) is 0 Å². The first kappa shape index (κ1) is 15.6. The van der Waals surface area contributed by atoms with E-state index in [4.69, 9.17) is 9.47 Å². The molecule has 0 saturated heterocycles. The van der Waals surface area contributed by atoms with Gasteiger partial charge in [-0.3, -0.25) is 0 Å². The van der Waals surface area contributed by atoms with E-state index in [1.807, 2.05) is 31.2 Å². The van der Waals surface area contributed by atoms with E-state index >= 15 is 0 Å². The van der Waals surface area contributed by atoms with Gasteiger partial charge in [-0.15, -0.1) is 0 Å². The van der Waals surface area contributed by atoms with E-state index in [1.54, 1.807) is 7.11 Å². The Morgan fingerprint density at radius 1 is 1.26 bits per heavy atom. The summed E-state index contributed by atoms with van der Waals surface area (Å²) >= 11 is 0. The normalized spacial score (nSPS) is 11.2. The highest BCUT2D eigenvalue weighted by atomic mass is 16.5. The minimum atomic E-state index is 0.567. The summed E-state index contributed by atoms with van der Waals surface area (Å²) in [4.78, 5) is 0. The molecule has 106 valence electrons. The fourth-order valence-electron chi connectivity index (χ4n) is 1.68. The molecule has 0 amide bonds. The number of allylic oxidation sites excluding steroid dienone is 1. The van der Waals surface area contributed by atoms with Gasteiger partial charge < -0.3 is 14.8 Å². The molecule has 1 aromatic carbocycles. The van der Waals surface area contributed by atoms with Crippen LogP contribution in [0.5, 0.6) is 11.5 Å². The summed E-state index contributed by atoms with van der Waals surface area (Å²) in [6.45, 7) is 8.81. The maximum atomic E-state index is 5.63. The lowest BCUT2D eigenvalue weighted by atomic mass is 10.2. The average Bonchev–Trinajstić information content (AvgIpc) is 2.39. The lowest BCUT2D eigenvalue weighted by Crippen LogP contribution is -2.18. The SMILES string of the molecule is CC=CCOc1ccc(CNCC(C)C)cc1OC. The molecular formula is C16H25NO2. The van der Waals surface area contributed by atoms with Gasteiger partial charge in [0.15, 0.2) is 11.5 Å². The third-order valence-electron chi connectivity index (χ3n) is 2.68. The Balaban J connectivity index is 2.61. The molecule has 0 aromatic heterocycles. The second-order valence-electron chi connectivity index (χ2n) is 4.89. The van der Waals surface area contributed by atoms with Crippen molar-refractivity contribution in [1.29, 1.82) is 0 Å². The Morgan fingerprint density at radius 2 is 2.05 bits per heavy atom. The van der Waals surface area contributed by atoms with Gasteiger partial charge in [0, 0.05) is 6.54 Å². The Hall–Kier alpha value is -1.48. The van der Waals surface area contributed by atoms with Crippen molar-refractivity contribution in [2.24, 2.45) is 5.92 Å². The predicted octanol–water partition coefficient (Wildman–Crippen LogP) is 3.40. The van der Waals surface area contributed by atoms with Crippen molar-refractivity contribution >= 4 is 0 Å². The van der Waals surface area contributed by atoms with Crippen molar-refractivity contribution in [2.75, 3.05) is 20.3 Å². The smallest absolute Gasteiger partial charge is 0.161 e. The van der Waals surface area contributed by atoms with Crippen LogP contribution in [0.25, 0.3) is 0 Å². The highest BCUT2D eigenvalue weighted by Crippen LogP contribution is 2.28. The minimum Gasteiger partial charge on any atom is -0.493 e. The summed E-state index contributed by atoms with van der Waals surface area (Å²) in [5.41, 5.74) is 1.20. The first-order valence-corrected chi connectivity index (χ1v) is 6.79. The molecule has 0 radical (unpaired) electrons. The zero-order valence-electron chi connectivity index (χ0n) is 12.4. The van der Waals surface area contributed by atoms with Crippen LogP contribution in [0.15, 0.2) is 30.4 Å². The Kier molecular flexibility index (Phi) is 7.04. The molecule has 0 fully saturated rings. The third kappa shape index (κ3) is 5.79. The molecular weight excluding hydrogens is 238 g/mol. The number of nitrogens with one attached hydrogen (secondary N) is 1. The van der Waals surface area contributed by atoms with Crippen molar-refractivity contribution in [2.45, 2.75) is 27.3 Å². The van der Waals surface area contributed by atoms with Gasteiger partial charge in [-0.05, 0) is 37.1 Å². The molecule has 3 nitrogen and oxygen atoms in total. The summed E-state index contributed by atoms with van der Waals surface area (Å²) in [6, 6.07) is 6.06. The first-order chi connectivity index (χ1) is 9.17. The monoisotopic (exact) mass is 263 g/mol. The zero-order chi connectivity index (χ0) is 14.1. The molecule has 0 aliphatic carbocycles. The van der Waals surface area contributed by atoms with Gasteiger partial charge in [-0.1, -0.05) is 32.1 Å². The number of hydrogen-bond acceptors (Lipinski definition) is 3. The quantitative estimate of drug-likeness (QED) is 0.729. The number of benzene rings is 1. The number of ether oxygens (including phenoxy) is 2. The van der Waals surface area contributed by atoms with Crippen LogP contribution in [-0.2, 0) is 6.54 Å². The fraction of sp³-hybridized carbons (Fsp3) is 0.500. The van der Waals surface area contributed by atoms with Crippen LogP contribution < -0.4 is 14.8 Å². The van der Waals surface area contributed by atoms with Gasteiger partial charge in [-0.2, -0.15) is 0 Å². The molecule has 0 atom stereocenters. The van der Waals surface area contributed by atoms with Gasteiger partial charge in [0.05, 0.1) is 7.11 Å². The van der Waals surface area contributed by atoms with E-state index < -0.39 is 0 Å². The Labute approximate surface area is 116 Å². The standard InChI is InChI=1S/C16H25NO2/c1-5-6-9-19-15-8-7-14(10-16(15)18-4)12-17-11-13(2)3/h5-8,10,13,17H,9,11-12H2,1-4H3. The van der Waals surface area contributed by atoms with Crippen molar-refractivity contribution in [3.63, 3.8) is 0 Å². The molecule has 0 aliphatic rings. The van der Waals surface area contributed by atoms with E-state index in [0.717, 1.165) is 24.6 Å². The van der Waals surface area contributed by atoms with Crippen molar-refractivity contribution in [3.05, 3.63) is 35.9 Å². The van der Waals surface area contributed by atoms with Gasteiger partial charge >= 0.3 is 0 Å². The lowest BCUT2D eigenvalue weighted by Gasteiger charge is -2.12. The van der Waals surface area contributed by atoms with E-state index in [1.165, 1.54) is 5.56 Å². The molecule has 0 aliphatic heterocycles. The molecule has 0 unspecified atom stereocenters. The molecule has 0 bridgehead atoms. The van der Waals surface area contributed by atoms with Crippen LogP contribution in [0.2, 0.25) is 0 Å². The lowest BCUT2D eigenvalue weighted by molar-refractivity contribution is 0.326. The molecule has 0 spiro atoms. The molecule has 1 rings (SSSR count). The van der Waals surface area contributed by atoms with Gasteiger partial charge in [0.2, 0.25) is 0 Å². The molecule has 3 heteroatoms. The molecule has 0 heterocycles. The minimum absolute atomic E-state index is 0.567. The maximum absolute atomic E-state index is 5.63. The summed E-state index contributed by atoms with van der Waals surface area (Å²) < 4.78 is 11.0. The summed E-state index contributed by atoms with van der Waals surface area (Å²) in [5.74, 6) is 2.23. The van der Waals surface area contributed by atoms with E-state index in [0.29, 0.717) is 12.5 Å². The largest absolute Gasteiger partial charge is 0.493 e. The van der Waals surface area contributed by atoms with Crippen molar-refractivity contribution in [1.82, 2.24) is 5.32 Å². The van der Waals surface area contributed by atoms with Gasteiger partial charge in [0.1, 0.15) is 6.61 Å². The number of methoxy groups -OCH3 is 1. The zero-order valence-corrected chi connectivity index (χ0v) is 12.4. The fourth-order valence-corrected chi connectivity index (χ4v) is 1.68. The van der Waals surface area contributed by atoms with Crippen LogP contribution in [0.4, 0.5) is 0 Å². The maximum Gasteiger partial charge on any atom is 0.161 e. The number of rotatable bonds is 8. The van der Waals surface area contributed by atoms with Crippen molar-refractivity contribution < 1.29 is 9.47 Å². The highest BCUT2D eigenvalue weighted by molar-refractivity contribution is 5.43. The van der Waals surface area contributed by atoms with Gasteiger partial charge in [0.25, 0.3) is 0 Å². The van der Waals surface area contributed by atoms with Crippen LogP contribution in [-0.4, -0.2) is 20.3 Å². The van der Waals surface area contributed by atoms with E-state index in [-0.39, 0.29) is 0 Å². The van der Waals surface area contributed by atoms with Crippen LogP contribution >= 0.6 is 0 Å². The summed E-state index contributed by atoms with van der Waals surface area (Å²) in [6.07, 6.45) is 3.94. The van der Waals surface area contributed by atoms with Crippen molar-refractivity contribution in [3.8, 4) is 11.5 Å². The summed E-state index contributed by atoms with van der Waals surface area (Å²) in [7, 11) is 1.67. The van der Waals surface area contributed by atoms with Crippen LogP contribution in [0.1, 0.15) is 26.3 Å². The second-order valence-corrected chi connectivity index (χ2v) is 4.89. The molecule has 19 heavy (non-hydrogen) atoms. The summed E-state index contributed by atoms with van der Waals surface area (Å²) in [5, 5.41) is 3.42. The Morgan fingerprint density at radius 3 is 2.68 bits per heavy atom. The molecule has 0 saturated carbocycles. The highest BCUT2D eigenvalue weighted by Gasteiger charge is 2.05. The van der Waals surface area contributed by atoms with E-state index in [9.17, 15) is 0 Å². The second kappa shape index (κ2) is 8.59. The predicted molar refractivity (Wildman–Crippen MR) is 79.8 cm³/mol. The van der Waals surface area contributed by atoms with Crippen LogP contribution in [0, 0.1) is 5.92 Å². The number of hydrogen-bond donors (Lipinski definition) is 1.